The maximum absolute atomic E-state index is 13.7. The molecule has 10 heteroatoms. The molecule has 0 aliphatic carbocycles. The zero-order chi connectivity index (χ0) is 24.3. The third kappa shape index (κ3) is 4.45. The molecule has 4 aliphatic heterocycles. The molecule has 4 rings (SSSR count). The Balaban J connectivity index is 1.54. The summed E-state index contributed by atoms with van der Waals surface area (Å²) >= 11 is 0. The van der Waals surface area contributed by atoms with E-state index in [4.69, 9.17) is 9.47 Å². The Morgan fingerprint density at radius 2 is 1.82 bits per heavy atom. The number of hydrogen-bond donors (Lipinski definition) is 3. The predicted octanol–water partition coefficient (Wildman–Crippen LogP) is -0.502. The van der Waals surface area contributed by atoms with Crippen LogP contribution in [0.2, 0.25) is 0 Å². The van der Waals surface area contributed by atoms with E-state index < -0.39 is 29.1 Å². The van der Waals surface area contributed by atoms with Gasteiger partial charge in [-0.25, -0.2) is 0 Å². The third-order valence-corrected chi connectivity index (χ3v) is 7.99. The number of rotatable bonds is 11. The van der Waals surface area contributed by atoms with Gasteiger partial charge in [-0.05, 0) is 39.0 Å². The van der Waals surface area contributed by atoms with Crippen LogP contribution in [0.3, 0.4) is 0 Å². The van der Waals surface area contributed by atoms with E-state index >= 15 is 0 Å². The van der Waals surface area contributed by atoms with Crippen LogP contribution in [0.5, 0.6) is 0 Å². The van der Waals surface area contributed by atoms with Crippen LogP contribution in [0, 0.1) is 11.8 Å². The van der Waals surface area contributed by atoms with Crippen molar-refractivity contribution in [2.24, 2.45) is 11.8 Å². The van der Waals surface area contributed by atoms with E-state index in [1.165, 1.54) is 0 Å². The van der Waals surface area contributed by atoms with Gasteiger partial charge in [0.2, 0.25) is 17.7 Å². The average Bonchev–Trinajstić information content (AvgIpc) is 3.39. The fraction of sp³-hybridized carbons (Fsp3) is 0.875. The molecular weight excluding hydrogens is 440 g/mol. The van der Waals surface area contributed by atoms with E-state index in [2.05, 4.69) is 15.5 Å². The number of aliphatic hydroxyl groups excluding tert-OH is 1. The maximum Gasteiger partial charge on any atom is 0.245 e. The van der Waals surface area contributed by atoms with Gasteiger partial charge in [-0.3, -0.25) is 19.3 Å². The second-order valence-electron chi connectivity index (χ2n) is 10.2. The SMILES string of the molecule is CCCNC(=O)[C@H]1[C@H]2C(=O)N(CCCCO)C(C(=O)NCCN3CCOCC3)C23CC[C@]1(C)O3. The van der Waals surface area contributed by atoms with Gasteiger partial charge in [0, 0.05) is 45.9 Å². The lowest BCUT2D eigenvalue weighted by atomic mass is 9.66. The van der Waals surface area contributed by atoms with Gasteiger partial charge < -0.3 is 30.1 Å². The minimum Gasteiger partial charge on any atom is -0.396 e. The summed E-state index contributed by atoms with van der Waals surface area (Å²) in [7, 11) is 0. The second kappa shape index (κ2) is 10.5. The summed E-state index contributed by atoms with van der Waals surface area (Å²) in [5, 5.41) is 15.2. The number of nitrogens with zero attached hydrogens (tertiary/aromatic N) is 2. The molecule has 4 heterocycles. The fourth-order valence-corrected chi connectivity index (χ4v) is 6.38. The summed E-state index contributed by atoms with van der Waals surface area (Å²) in [5.74, 6) is -1.81. The predicted molar refractivity (Wildman–Crippen MR) is 124 cm³/mol. The van der Waals surface area contributed by atoms with Crippen molar-refractivity contribution in [2.75, 3.05) is 59.1 Å². The molecule has 2 unspecified atom stereocenters. The molecule has 5 atom stereocenters. The van der Waals surface area contributed by atoms with Crippen LogP contribution >= 0.6 is 0 Å². The number of carbonyl (C=O) groups excluding carboxylic acids is 3. The van der Waals surface area contributed by atoms with Crippen molar-refractivity contribution in [1.29, 1.82) is 0 Å². The topological polar surface area (TPSA) is 120 Å². The summed E-state index contributed by atoms with van der Waals surface area (Å²) in [5.41, 5.74) is -1.73. The summed E-state index contributed by atoms with van der Waals surface area (Å²) < 4.78 is 11.9. The van der Waals surface area contributed by atoms with Crippen LogP contribution in [0.15, 0.2) is 0 Å². The summed E-state index contributed by atoms with van der Waals surface area (Å²) in [6, 6.07) is -0.765. The van der Waals surface area contributed by atoms with Crippen molar-refractivity contribution in [3.8, 4) is 0 Å². The Kier molecular flexibility index (Phi) is 7.81. The van der Waals surface area contributed by atoms with E-state index in [0.29, 0.717) is 58.5 Å². The lowest BCUT2D eigenvalue weighted by Crippen LogP contribution is -2.56. The fourth-order valence-electron chi connectivity index (χ4n) is 6.38. The average molecular weight is 481 g/mol. The second-order valence-corrected chi connectivity index (χ2v) is 10.2. The highest BCUT2D eigenvalue weighted by Gasteiger charge is 2.77. The number of morpholine rings is 1. The van der Waals surface area contributed by atoms with Crippen molar-refractivity contribution in [1.82, 2.24) is 20.4 Å². The minimum atomic E-state index is -0.984. The van der Waals surface area contributed by atoms with Crippen molar-refractivity contribution >= 4 is 17.7 Å². The lowest BCUT2D eigenvalue weighted by molar-refractivity contribution is -0.146. The molecule has 3 amide bonds. The summed E-state index contributed by atoms with van der Waals surface area (Å²) in [4.78, 5) is 44.3. The van der Waals surface area contributed by atoms with Gasteiger partial charge in [0.25, 0.3) is 0 Å². The highest BCUT2D eigenvalue weighted by Crippen LogP contribution is 2.63. The van der Waals surface area contributed by atoms with Crippen molar-refractivity contribution in [3.63, 3.8) is 0 Å². The van der Waals surface area contributed by atoms with Gasteiger partial charge in [0.1, 0.15) is 11.6 Å². The Hall–Kier alpha value is -1.75. The molecule has 0 aromatic carbocycles. The number of unbranched alkanes of at least 4 members (excludes halogenated alkanes) is 1. The minimum absolute atomic E-state index is 0.0314. The Bertz CT molecular complexity index is 775. The number of carbonyl (C=O) groups is 3. The standard InChI is InChI=1S/C24H40N4O6/c1-3-8-25-20(30)17-18-22(32)28(10-4-5-14-29)19(24(18)7-6-23(17,2)34-24)21(31)26-9-11-27-12-15-33-16-13-27/h17-19,29H,3-16H2,1-2H3,(H,25,30)(H,26,31)/t17-,18+,19?,23+,24?/m1/s1. The first-order chi connectivity index (χ1) is 16.4. The molecule has 4 aliphatic rings. The molecule has 192 valence electrons. The first kappa shape index (κ1) is 25.3. The van der Waals surface area contributed by atoms with E-state index in [9.17, 15) is 19.5 Å². The molecule has 0 aromatic rings. The van der Waals surface area contributed by atoms with Crippen LogP contribution in [0.4, 0.5) is 0 Å². The van der Waals surface area contributed by atoms with Crippen molar-refractivity contribution < 1.29 is 29.0 Å². The third-order valence-electron chi connectivity index (χ3n) is 7.99. The monoisotopic (exact) mass is 480 g/mol. The largest absolute Gasteiger partial charge is 0.396 e. The first-order valence-corrected chi connectivity index (χ1v) is 12.8. The Labute approximate surface area is 201 Å². The van der Waals surface area contributed by atoms with E-state index in [-0.39, 0.29) is 24.3 Å². The normalized spacial score (nSPS) is 35.0. The Morgan fingerprint density at radius 1 is 1.09 bits per heavy atom. The van der Waals surface area contributed by atoms with Crippen LogP contribution in [-0.4, -0.2) is 109 Å². The van der Waals surface area contributed by atoms with Gasteiger partial charge in [0.15, 0.2) is 0 Å². The molecule has 1 spiro atoms. The number of aliphatic hydroxyl groups is 1. The highest BCUT2D eigenvalue weighted by atomic mass is 16.5. The lowest BCUT2D eigenvalue weighted by Gasteiger charge is -2.34. The number of fused-ring (bicyclic) bond motifs is 1. The van der Waals surface area contributed by atoms with Crippen LogP contribution < -0.4 is 10.6 Å². The quantitative estimate of drug-likeness (QED) is 0.341. The highest BCUT2D eigenvalue weighted by molar-refractivity contribution is 5.99. The maximum atomic E-state index is 13.7. The van der Waals surface area contributed by atoms with Gasteiger partial charge in [-0.1, -0.05) is 6.92 Å². The molecule has 10 nitrogen and oxygen atoms in total. The van der Waals surface area contributed by atoms with E-state index in [0.717, 1.165) is 26.1 Å². The molecule has 0 radical (unpaired) electrons. The van der Waals surface area contributed by atoms with Crippen LogP contribution in [0.1, 0.15) is 46.0 Å². The molecule has 0 saturated carbocycles. The molecule has 0 aromatic heterocycles. The molecule has 4 saturated heterocycles. The summed E-state index contributed by atoms with van der Waals surface area (Å²) in [6.45, 7) is 9.11. The molecule has 3 N–H and O–H groups in total. The molecule has 2 bridgehead atoms. The van der Waals surface area contributed by atoms with Crippen molar-refractivity contribution in [3.05, 3.63) is 0 Å². The smallest absolute Gasteiger partial charge is 0.245 e. The molecule has 34 heavy (non-hydrogen) atoms. The van der Waals surface area contributed by atoms with Gasteiger partial charge >= 0.3 is 0 Å². The van der Waals surface area contributed by atoms with Gasteiger partial charge in [-0.15, -0.1) is 0 Å². The van der Waals surface area contributed by atoms with E-state index in [1.54, 1.807) is 4.90 Å². The number of likely N-dealkylation sites (tertiary alicyclic amines) is 1. The van der Waals surface area contributed by atoms with Crippen LogP contribution in [-0.2, 0) is 23.9 Å². The Morgan fingerprint density at radius 3 is 2.53 bits per heavy atom. The van der Waals surface area contributed by atoms with Gasteiger partial charge in [-0.2, -0.15) is 0 Å². The van der Waals surface area contributed by atoms with Crippen molar-refractivity contribution in [2.45, 2.75) is 63.2 Å². The molecular formula is C24H40N4O6. The van der Waals surface area contributed by atoms with E-state index in [1.807, 2.05) is 13.8 Å². The summed E-state index contributed by atoms with van der Waals surface area (Å²) in [6.07, 6.45) is 3.16. The number of hydrogen-bond acceptors (Lipinski definition) is 7. The number of amides is 3. The zero-order valence-electron chi connectivity index (χ0n) is 20.5. The zero-order valence-corrected chi connectivity index (χ0v) is 20.5. The first-order valence-electron chi connectivity index (χ1n) is 12.8. The van der Waals surface area contributed by atoms with Crippen LogP contribution in [0.25, 0.3) is 0 Å². The number of nitrogens with one attached hydrogen (secondary N) is 2. The molecule has 4 fully saturated rings. The van der Waals surface area contributed by atoms with Gasteiger partial charge in [0.05, 0.1) is 30.7 Å². The number of ether oxygens (including phenoxy) is 2.